The van der Waals surface area contributed by atoms with E-state index in [2.05, 4.69) is 0 Å². The fourth-order valence-electron chi connectivity index (χ4n) is 2.72. The third kappa shape index (κ3) is 2.85. The highest BCUT2D eigenvalue weighted by molar-refractivity contribution is 6.30. The molecule has 4 heteroatoms. The summed E-state index contributed by atoms with van der Waals surface area (Å²) in [5.41, 5.74) is 6.77. The van der Waals surface area contributed by atoms with E-state index in [1.54, 1.807) is 6.92 Å². The number of likely N-dealkylation sites (tertiary alicyclic amines) is 1. The van der Waals surface area contributed by atoms with Crippen LogP contribution in [0.5, 0.6) is 0 Å². The van der Waals surface area contributed by atoms with Crippen molar-refractivity contribution in [3.05, 3.63) is 34.9 Å². The van der Waals surface area contributed by atoms with Gasteiger partial charge in [-0.2, -0.15) is 0 Å². The van der Waals surface area contributed by atoms with Gasteiger partial charge in [0.25, 0.3) is 0 Å². The summed E-state index contributed by atoms with van der Waals surface area (Å²) < 4.78 is 0. The van der Waals surface area contributed by atoms with Crippen LogP contribution < -0.4 is 5.73 Å². The molecule has 1 fully saturated rings. The second-order valence-corrected chi connectivity index (χ2v) is 5.35. The Hall–Kier alpha value is -1.06. The Morgan fingerprint density at radius 2 is 2.11 bits per heavy atom. The van der Waals surface area contributed by atoms with Gasteiger partial charge >= 0.3 is 0 Å². The summed E-state index contributed by atoms with van der Waals surface area (Å²) in [6.07, 6.45) is 1.98. The molecule has 1 aliphatic rings. The van der Waals surface area contributed by atoms with Gasteiger partial charge < -0.3 is 10.6 Å². The highest BCUT2D eigenvalue weighted by Gasteiger charge is 2.33. The molecule has 1 aliphatic heterocycles. The minimum atomic E-state index is 0.134. The molecule has 1 aromatic carbocycles. The van der Waals surface area contributed by atoms with E-state index >= 15 is 0 Å². The standard InChI is InChI=1S/C14H19ClN2O/c1-10(18)17-9-11(6-7-16)8-14(17)12-2-4-13(15)5-3-12/h2-5,11,14H,6-9,16H2,1H3. The van der Waals surface area contributed by atoms with Crippen LogP contribution in [0.3, 0.4) is 0 Å². The third-order valence-corrected chi connectivity index (χ3v) is 3.87. The minimum Gasteiger partial charge on any atom is -0.336 e. The molecule has 0 saturated carbocycles. The lowest BCUT2D eigenvalue weighted by molar-refractivity contribution is -0.129. The average molecular weight is 267 g/mol. The molecule has 2 atom stereocenters. The van der Waals surface area contributed by atoms with E-state index in [9.17, 15) is 4.79 Å². The van der Waals surface area contributed by atoms with Gasteiger partial charge in [0.05, 0.1) is 6.04 Å². The van der Waals surface area contributed by atoms with Crippen molar-refractivity contribution >= 4 is 17.5 Å². The van der Waals surface area contributed by atoms with Crippen LogP contribution >= 0.6 is 11.6 Å². The number of carbonyl (C=O) groups excluding carboxylic acids is 1. The molecule has 98 valence electrons. The molecule has 1 saturated heterocycles. The van der Waals surface area contributed by atoms with Crippen molar-refractivity contribution in [1.82, 2.24) is 4.90 Å². The van der Waals surface area contributed by atoms with Crippen LogP contribution in [-0.4, -0.2) is 23.9 Å². The molecule has 1 aromatic rings. The Morgan fingerprint density at radius 3 is 2.67 bits per heavy atom. The molecule has 1 amide bonds. The Kier molecular flexibility index (Phi) is 4.25. The maximum absolute atomic E-state index is 11.7. The maximum Gasteiger partial charge on any atom is 0.219 e. The average Bonchev–Trinajstić information content (AvgIpc) is 2.75. The van der Waals surface area contributed by atoms with Gasteiger partial charge in [0.2, 0.25) is 5.91 Å². The van der Waals surface area contributed by atoms with Gasteiger partial charge in [-0.15, -0.1) is 0 Å². The molecule has 0 aliphatic carbocycles. The number of benzene rings is 1. The zero-order chi connectivity index (χ0) is 13.1. The minimum absolute atomic E-state index is 0.134. The van der Waals surface area contributed by atoms with E-state index < -0.39 is 0 Å². The van der Waals surface area contributed by atoms with E-state index in [0.29, 0.717) is 12.5 Å². The Bertz CT molecular complexity index is 418. The summed E-state index contributed by atoms with van der Waals surface area (Å²) in [4.78, 5) is 13.7. The molecule has 2 rings (SSSR count). The fourth-order valence-corrected chi connectivity index (χ4v) is 2.84. The van der Waals surface area contributed by atoms with Crippen molar-refractivity contribution in [1.29, 1.82) is 0 Å². The molecule has 0 aromatic heterocycles. The van der Waals surface area contributed by atoms with Gasteiger partial charge in [-0.1, -0.05) is 23.7 Å². The first-order valence-corrected chi connectivity index (χ1v) is 6.72. The van der Waals surface area contributed by atoms with Gasteiger partial charge in [0.1, 0.15) is 0 Å². The first-order valence-electron chi connectivity index (χ1n) is 6.34. The van der Waals surface area contributed by atoms with E-state index in [0.717, 1.165) is 30.0 Å². The van der Waals surface area contributed by atoms with Gasteiger partial charge in [0.15, 0.2) is 0 Å². The Labute approximate surface area is 113 Å². The molecule has 1 heterocycles. The van der Waals surface area contributed by atoms with Crippen LogP contribution in [0, 0.1) is 5.92 Å². The van der Waals surface area contributed by atoms with Crippen LogP contribution in [0.25, 0.3) is 0 Å². The molecule has 18 heavy (non-hydrogen) atoms. The van der Waals surface area contributed by atoms with Crippen molar-refractivity contribution in [3.63, 3.8) is 0 Å². The molecule has 2 N–H and O–H groups in total. The van der Waals surface area contributed by atoms with Crippen molar-refractivity contribution in [2.24, 2.45) is 11.7 Å². The van der Waals surface area contributed by atoms with Gasteiger partial charge in [-0.25, -0.2) is 0 Å². The van der Waals surface area contributed by atoms with Crippen molar-refractivity contribution in [3.8, 4) is 0 Å². The van der Waals surface area contributed by atoms with Crippen LogP contribution in [0.1, 0.15) is 31.4 Å². The van der Waals surface area contributed by atoms with E-state index in [1.165, 1.54) is 0 Å². The van der Waals surface area contributed by atoms with E-state index in [4.69, 9.17) is 17.3 Å². The zero-order valence-electron chi connectivity index (χ0n) is 10.6. The Morgan fingerprint density at radius 1 is 1.44 bits per heavy atom. The van der Waals surface area contributed by atoms with Gasteiger partial charge in [0, 0.05) is 18.5 Å². The number of carbonyl (C=O) groups is 1. The molecule has 2 unspecified atom stereocenters. The predicted octanol–water partition coefficient (Wildman–Crippen LogP) is 2.60. The van der Waals surface area contributed by atoms with Gasteiger partial charge in [-0.05, 0) is 43.0 Å². The molecule has 0 spiro atoms. The lowest BCUT2D eigenvalue weighted by Crippen LogP contribution is -2.29. The summed E-state index contributed by atoms with van der Waals surface area (Å²) in [5, 5.41) is 0.727. The second-order valence-electron chi connectivity index (χ2n) is 4.92. The molecule has 3 nitrogen and oxygen atoms in total. The zero-order valence-corrected chi connectivity index (χ0v) is 11.4. The molecular weight excluding hydrogens is 248 g/mol. The van der Waals surface area contributed by atoms with E-state index in [1.807, 2.05) is 29.2 Å². The number of hydrogen-bond donors (Lipinski definition) is 1. The quantitative estimate of drug-likeness (QED) is 0.914. The fraction of sp³-hybridized carbons (Fsp3) is 0.500. The third-order valence-electron chi connectivity index (χ3n) is 3.62. The number of rotatable bonds is 3. The highest BCUT2D eigenvalue weighted by Crippen LogP contribution is 2.36. The molecule has 0 radical (unpaired) electrons. The summed E-state index contributed by atoms with van der Waals surface area (Å²) >= 11 is 5.90. The largest absolute Gasteiger partial charge is 0.336 e. The van der Waals surface area contributed by atoms with Crippen molar-refractivity contribution in [2.45, 2.75) is 25.8 Å². The summed E-state index contributed by atoms with van der Waals surface area (Å²) in [6.45, 7) is 3.14. The topological polar surface area (TPSA) is 46.3 Å². The maximum atomic E-state index is 11.7. The summed E-state index contributed by atoms with van der Waals surface area (Å²) in [7, 11) is 0. The SMILES string of the molecule is CC(=O)N1CC(CCN)CC1c1ccc(Cl)cc1. The lowest BCUT2D eigenvalue weighted by atomic mass is 9.98. The summed E-state index contributed by atoms with van der Waals surface area (Å²) in [6, 6.07) is 7.95. The number of amides is 1. The predicted molar refractivity (Wildman–Crippen MR) is 73.4 cm³/mol. The first kappa shape index (κ1) is 13.4. The molecular formula is C14H19ClN2O. The van der Waals surface area contributed by atoms with E-state index in [-0.39, 0.29) is 11.9 Å². The van der Waals surface area contributed by atoms with Crippen LogP contribution in [0.2, 0.25) is 5.02 Å². The van der Waals surface area contributed by atoms with Gasteiger partial charge in [-0.3, -0.25) is 4.79 Å². The number of nitrogens with zero attached hydrogens (tertiary/aromatic N) is 1. The monoisotopic (exact) mass is 266 g/mol. The highest BCUT2D eigenvalue weighted by atomic mass is 35.5. The second kappa shape index (κ2) is 5.72. The van der Waals surface area contributed by atoms with Crippen LogP contribution in [0.15, 0.2) is 24.3 Å². The number of hydrogen-bond acceptors (Lipinski definition) is 2. The van der Waals surface area contributed by atoms with Crippen LogP contribution in [-0.2, 0) is 4.79 Å². The van der Waals surface area contributed by atoms with Crippen molar-refractivity contribution in [2.75, 3.05) is 13.1 Å². The van der Waals surface area contributed by atoms with Crippen molar-refractivity contribution < 1.29 is 4.79 Å². The normalized spacial score (nSPS) is 23.4. The molecule has 0 bridgehead atoms. The smallest absolute Gasteiger partial charge is 0.219 e. The first-order chi connectivity index (χ1) is 8.61. The van der Waals surface area contributed by atoms with Crippen LogP contribution in [0.4, 0.5) is 0 Å². The summed E-state index contributed by atoms with van der Waals surface area (Å²) in [5.74, 6) is 0.647. The lowest BCUT2D eigenvalue weighted by Gasteiger charge is -2.23. The number of nitrogens with two attached hydrogens (primary N) is 1. The number of halogens is 1. The Balaban J connectivity index is 2.18.